The summed E-state index contributed by atoms with van der Waals surface area (Å²) in [6.07, 6.45) is 6.52. The van der Waals surface area contributed by atoms with Gasteiger partial charge in [-0.1, -0.05) is 0 Å². The lowest BCUT2D eigenvalue weighted by atomic mass is 9.93. The second-order valence-corrected chi connectivity index (χ2v) is 13.5. The Balaban J connectivity index is 1.27. The number of nitrogens with zero attached hydrogens (tertiary/aromatic N) is 5. The molecule has 1 spiro atoms. The average molecular weight is 547 g/mol. The van der Waals surface area contributed by atoms with Crippen molar-refractivity contribution in [1.82, 2.24) is 15.0 Å². The predicted octanol–water partition coefficient (Wildman–Crippen LogP) is 3.98. The van der Waals surface area contributed by atoms with Crippen molar-refractivity contribution in [3.63, 3.8) is 0 Å². The molecule has 2 saturated carbocycles. The molecule has 12 heteroatoms. The summed E-state index contributed by atoms with van der Waals surface area (Å²) in [6.45, 7) is 3.49. The van der Waals surface area contributed by atoms with Gasteiger partial charge in [0.05, 0.1) is 15.8 Å². The molecular formula is C26H32F2N6O3S. The van der Waals surface area contributed by atoms with Crippen LogP contribution in [0.2, 0.25) is 0 Å². The third-order valence-corrected chi connectivity index (χ3v) is 10.6. The average Bonchev–Trinajstić information content (AvgIpc) is 3.80. The number of carbonyl (C=O) groups is 1. The van der Waals surface area contributed by atoms with Gasteiger partial charge in [-0.2, -0.15) is 4.98 Å². The van der Waals surface area contributed by atoms with Gasteiger partial charge in [0.25, 0.3) is 11.8 Å². The van der Waals surface area contributed by atoms with E-state index in [1.807, 2.05) is 0 Å². The molecule has 1 N–H and O–H groups in total. The Morgan fingerprint density at radius 1 is 0.974 bits per heavy atom. The second-order valence-electron chi connectivity index (χ2n) is 11.3. The van der Waals surface area contributed by atoms with Gasteiger partial charge < -0.3 is 15.1 Å². The number of anilines is 3. The maximum absolute atomic E-state index is 13.6. The van der Waals surface area contributed by atoms with Crippen molar-refractivity contribution >= 4 is 33.2 Å². The van der Waals surface area contributed by atoms with Crippen LogP contribution in [0.25, 0.3) is 0 Å². The van der Waals surface area contributed by atoms with Crippen LogP contribution in [0.1, 0.15) is 67.5 Å². The van der Waals surface area contributed by atoms with Gasteiger partial charge in [-0.05, 0) is 56.9 Å². The van der Waals surface area contributed by atoms with Crippen molar-refractivity contribution in [3.8, 4) is 0 Å². The summed E-state index contributed by atoms with van der Waals surface area (Å²) in [5.74, 6) is -2.66. The van der Waals surface area contributed by atoms with Gasteiger partial charge in [0.15, 0.2) is 15.5 Å². The van der Waals surface area contributed by atoms with E-state index >= 15 is 0 Å². The van der Waals surface area contributed by atoms with Crippen LogP contribution in [0.5, 0.6) is 0 Å². The lowest BCUT2D eigenvalue weighted by molar-refractivity contribution is -0.0222. The SMILES string of the molecule is Cc1cc(NC(=O)c2ncc(S(=O)(=O)C3CC3)cc2N2CCC3(CC2)CC3)nc(N2CCC(F)(F)CC2)n1. The van der Waals surface area contributed by atoms with Crippen molar-refractivity contribution in [2.24, 2.45) is 5.41 Å². The zero-order valence-corrected chi connectivity index (χ0v) is 22.2. The molecule has 2 saturated heterocycles. The number of rotatable bonds is 6. The van der Waals surface area contributed by atoms with E-state index in [2.05, 4.69) is 25.2 Å². The molecular weight excluding hydrogens is 514 g/mol. The van der Waals surface area contributed by atoms with Gasteiger partial charge in [0.2, 0.25) is 5.95 Å². The van der Waals surface area contributed by atoms with Crippen molar-refractivity contribution in [1.29, 1.82) is 0 Å². The Kier molecular flexibility index (Phi) is 6.08. The summed E-state index contributed by atoms with van der Waals surface area (Å²) in [7, 11) is -3.47. The number of amides is 1. The molecule has 0 atom stereocenters. The van der Waals surface area contributed by atoms with Gasteiger partial charge >= 0.3 is 0 Å². The molecule has 4 aliphatic rings. The van der Waals surface area contributed by atoms with Crippen LogP contribution in [0.4, 0.5) is 26.2 Å². The van der Waals surface area contributed by atoms with Crippen molar-refractivity contribution in [3.05, 3.63) is 29.7 Å². The number of nitrogens with one attached hydrogen (secondary N) is 1. The minimum Gasteiger partial charge on any atom is -0.370 e. The third-order valence-electron chi connectivity index (χ3n) is 8.33. The molecule has 38 heavy (non-hydrogen) atoms. The summed E-state index contributed by atoms with van der Waals surface area (Å²) in [4.78, 5) is 30.6. The van der Waals surface area contributed by atoms with E-state index < -0.39 is 21.7 Å². The number of carbonyl (C=O) groups excluding carboxylic acids is 1. The Labute approximate surface area is 221 Å². The smallest absolute Gasteiger partial charge is 0.277 e. The largest absolute Gasteiger partial charge is 0.370 e. The lowest BCUT2D eigenvalue weighted by Gasteiger charge is -2.34. The fourth-order valence-corrected chi connectivity index (χ4v) is 7.06. The first-order valence-corrected chi connectivity index (χ1v) is 14.9. The molecule has 1 amide bonds. The Bertz CT molecular complexity index is 1360. The Hall–Kier alpha value is -2.89. The number of aryl methyl sites for hydroxylation is 1. The maximum Gasteiger partial charge on any atom is 0.277 e. The molecule has 0 aromatic carbocycles. The molecule has 4 heterocycles. The molecule has 2 aliphatic carbocycles. The number of alkyl halides is 2. The predicted molar refractivity (Wildman–Crippen MR) is 139 cm³/mol. The van der Waals surface area contributed by atoms with E-state index in [1.54, 1.807) is 24.0 Å². The summed E-state index contributed by atoms with van der Waals surface area (Å²) in [5, 5.41) is 2.42. The van der Waals surface area contributed by atoms with Crippen LogP contribution in [-0.2, 0) is 9.84 Å². The first kappa shape index (κ1) is 25.4. The number of aromatic nitrogens is 3. The molecule has 0 radical (unpaired) electrons. The van der Waals surface area contributed by atoms with E-state index in [1.165, 1.54) is 19.0 Å². The fraction of sp³-hybridized carbons (Fsp3) is 0.615. The Morgan fingerprint density at radius 3 is 2.26 bits per heavy atom. The number of piperidine rings is 2. The summed E-state index contributed by atoms with van der Waals surface area (Å²) >= 11 is 0. The number of halogens is 2. The summed E-state index contributed by atoms with van der Waals surface area (Å²) in [6, 6.07) is 3.22. The fourth-order valence-electron chi connectivity index (χ4n) is 5.44. The van der Waals surface area contributed by atoms with Crippen molar-refractivity contribution in [2.45, 2.75) is 74.4 Å². The van der Waals surface area contributed by atoms with E-state index in [-0.39, 0.29) is 47.6 Å². The highest BCUT2D eigenvalue weighted by Crippen LogP contribution is 2.54. The first-order valence-electron chi connectivity index (χ1n) is 13.3. The highest BCUT2D eigenvalue weighted by molar-refractivity contribution is 7.92. The molecule has 2 aromatic heterocycles. The summed E-state index contributed by atoms with van der Waals surface area (Å²) < 4.78 is 53.2. The third kappa shape index (κ3) is 5.06. The highest BCUT2D eigenvalue weighted by Gasteiger charge is 2.45. The van der Waals surface area contributed by atoms with Crippen LogP contribution in [0.15, 0.2) is 23.2 Å². The molecule has 4 fully saturated rings. The number of sulfone groups is 1. The van der Waals surface area contributed by atoms with Gasteiger partial charge in [0, 0.05) is 57.0 Å². The van der Waals surface area contributed by atoms with Gasteiger partial charge in [-0.3, -0.25) is 4.79 Å². The molecule has 2 aliphatic heterocycles. The zero-order chi connectivity index (χ0) is 26.7. The normalized spacial score (nSPS) is 22.4. The molecule has 204 valence electrons. The maximum atomic E-state index is 13.6. The van der Waals surface area contributed by atoms with Crippen LogP contribution in [0.3, 0.4) is 0 Å². The Morgan fingerprint density at radius 2 is 1.63 bits per heavy atom. The van der Waals surface area contributed by atoms with E-state index in [4.69, 9.17) is 0 Å². The molecule has 6 rings (SSSR count). The topological polar surface area (TPSA) is 108 Å². The number of hydrogen-bond donors (Lipinski definition) is 1. The minimum absolute atomic E-state index is 0.128. The van der Waals surface area contributed by atoms with Crippen LogP contribution in [0, 0.1) is 12.3 Å². The van der Waals surface area contributed by atoms with E-state index in [0.29, 0.717) is 35.6 Å². The quantitative estimate of drug-likeness (QED) is 0.580. The molecule has 0 bridgehead atoms. The van der Waals surface area contributed by atoms with Crippen molar-refractivity contribution < 1.29 is 22.0 Å². The first-order chi connectivity index (χ1) is 18.0. The van der Waals surface area contributed by atoms with Gasteiger partial charge in [-0.15, -0.1) is 0 Å². The zero-order valence-electron chi connectivity index (χ0n) is 21.4. The summed E-state index contributed by atoms with van der Waals surface area (Å²) in [5.41, 5.74) is 1.66. The standard InChI is InChI=1S/C26H32F2N6O3S/c1-17-14-21(32-24(30-17)34-12-8-26(27,28)9-13-34)31-23(35)22-20(33-10-6-25(4-5-25)7-11-33)15-19(16-29-22)38(36,37)18-2-3-18/h14-16,18H,2-13H2,1H3,(H,30,31,32,35). The highest BCUT2D eigenvalue weighted by atomic mass is 32.2. The lowest BCUT2D eigenvalue weighted by Crippen LogP contribution is -2.40. The molecule has 9 nitrogen and oxygen atoms in total. The number of hydrogen-bond acceptors (Lipinski definition) is 8. The number of pyridine rings is 1. The van der Waals surface area contributed by atoms with E-state index in [9.17, 15) is 22.0 Å². The molecule has 2 aromatic rings. The van der Waals surface area contributed by atoms with Crippen LogP contribution < -0.4 is 15.1 Å². The monoisotopic (exact) mass is 546 g/mol. The second kappa shape index (κ2) is 9.10. The minimum atomic E-state index is -3.47. The van der Waals surface area contributed by atoms with Gasteiger partial charge in [0.1, 0.15) is 5.82 Å². The van der Waals surface area contributed by atoms with Gasteiger partial charge in [-0.25, -0.2) is 27.2 Å². The van der Waals surface area contributed by atoms with Crippen LogP contribution >= 0.6 is 0 Å². The molecule has 0 unspecified atom stereocenters. The van der Waals surface area contributed by atoms with E-state index in [0.717, 1.165) is 25.9 Å². The van der Waals surface area contributed by atoms with Crippen molar-refractivity contribution in [2.75, 3.05) is 41.3 Å². The van der Waals surface area contributed by atoms with Crippen LogP contribution in [-0.4, -0.2) is 66.6 Å².